The van der Waals surface area contributed by atoms with Gasteiger partial charge in [-0.3, -0.25) is 9.59 Å². The molecule has 1 fully saturated rings. The number of rotatable bonds is 1. The number of piperidine rings is 1. The molecular weight excluding hydrogens is 326 g/mol. The number of nitrogens with one attached hydrogen (secondary N) is 2. The van der Waals surface area contributed by atoms with Crippen LogP contribution in [0, 0.1) is 13.8 Å². The third-order valence-electron chi connectivity index (χ3n) is 5.43. The number of hydrogen-bond donors (Lipinski definition) is 2. The zero-order valence-corrected chi connectivity index (χ0v) is 15.1. The van der Waals surface area contributed by atoms with Crippen LogP contribution in [0.1, 0.15) is 44.7 Å². The molecule has 4 rings (SSSR count). The second kappa shape index (κ2) is 6.16. The number of fused-ring (bicyclic) bond motifs is 1. The number of likely N-dealkylation sites (tertiary alicyclic amines) is 1. The summed E-state index contributed by atoms with van der Waals surface area (Å²) in [5.41, 5.74) is 3.95. The number of amides is 2. The van der Waals surface area contributed by atoms with Crippen molar-refractivity contribution in [1.82, 2.24) is 10.2 Å². The largest absolute Gasteiger partial charge is 0.362 e. The topological polar surface area (TPSA) is 61.4 Å². The van der Waals surface area contributed by atoms with Crippen LogP contribution in [-0.4, -0.2) is 35.5 Å². The zero-order valence-electron chi connectivity index (χ0n) is 15.1. The highest BCUT2D eigenvalue weighted by Crippen LogP contribution is 2.33. The van der Waals surface area contributed by atoms with Gasteiger partial charge in [-0.15, -0.1) is 0 Å². The number of benzene rings is 2. The number of anilines is 1. The summed E-state index contributed by atoms with van der Waals surface area (Å²) >= 11 is 0. The predicted octanol–water partition coefficient (Wildman–Crippen LogP) is 3.09. The molecule has 5 nitrogen and oxygen atoms in total. The number of aryl methyl sites for hydroxylation is 2. The minimum absolute atomic E-state index is 0.0323. The van der Waals surface area contributed by atoms with Gasteiger partial charge in [0.05, 0.1) is 5.56 Å². The number of carbonyl (C=O) groups excluding carboxylic acids is 2. The maximum atomic E-state index is 12.7. The lowest BCUT2D eigenvalue weighted by Crippen LogP contribution is -2.62. The van der Waals surface area contributed by atoms with Gasteiger partial charge in [-0.1, -0.05) is 29.8 Å². The number of carbonyl (C=O) groups is 2. The lowest BCUT2D eigenvalue weighted by atomic mass is 9.91. The minimum Gasteiger partial charge on any atom is -0.362 e. The Bertz CT molecular complexity index is 865. The molecule has 0 aromatic heterocycles. The highest BCUT2D eigenvalue weighted by molar-refractivity contribution is 6.03. The molecular formula is C21H23N3O2. The van der Waals surface area contributed by atoms with E-state index in [0.717, 1.165) is 22.4 Å². The second-order valence-corrected chi connectivity index (χ2v) is 7.32. The van der Waals surface area contributed by atoms with Crippen molar-refractivity contribution in [3.8, 4) is 0 Å². The highest BCUT2D eigenvalue weighted by atomic mass is 16.2. The van der Waals surface area contributed by atoms with E-state index in [1.165, 1.54) is 0 Å². The summed E-state index contributed by atoms with van der Waals surface area (Å²) in [4.78, 5) is 27.2. The van der Waals surface area contributed by atoms with Crippen LogP contribution >= 0.6 is 0 Å². The summed E-state index contributed by atoms with van der Waals surface area (Å²) in [6.45, 7) is 5.18. The Morgan fingerprint density at radius 3 is 2.38 bits per heavy atom. The van der Waals surface area contributed by atoms with Gasteiger partial charge in [-0.2, -0.15) is 0 Å². The monoisotopic (exact) mass is 349 g/mol. The minimum atomic E-state index is -0.470. The molecule has 1 saturated heterocycles. The molecule has 1 spiro atoms. The highest BCUT2D eigenvalue weighted by Gasteiger charge is 2.41. The normalized spacial score (nSPS) is 18.1. The van der Waals surface area contributed by atoms with E-state index in [9.17, 15) is 9.59 Å². The molecule has 5 heteroatoms. The van der Waals surface area contributed by atoms with Gasteiger partial charge in [0.1, 0.15) is 5.66 Å². The first-order valence-electron chi connectivity index (χ1n) is 9.04. The van der Waals surface area contributed by atoms with Crippen molar-refractivity contribution >= 4 is 17.5 Å². The van der Waals surface area contributed by atoms with E-state index in [2.05, 4.69) is 10.6 Å². The van der Waals surface area contributed by atoms with Crippen molar-refractivity contribution in [3.63, 3.8) is 0 Å². The van der Waals surface area contributed by atoms with Gasteiger partial charge in [0, 0.05) is 37.2 Å². The fraction of sp³-hybridized carbons (Fsp3) is 0.333. The first-order valence-corrected chi connectivity index (χ1v) is 9.04. The lowest BCUT2D eigenvalue weighted by Gasteiger charge is -2.46. The Morgan fingerprint density at radius 1 is 1.00 bits per heavy atom. The van der Waals surface area contributed by atoms with Crippen molar-refractivity contribution in [2.75, 3.05) is 18.4 Å². The molecule has 134 valence electrons. The van der Waals surface area contributed by atoms with Crippen molar-refractivity contribution in [2.24, 2.45) is 0 Å². The van der Waals surface area contributed by atoms with E-state index >= 15 is 0 Å². The van der Waals surface area contributed by atoms with Crippen LogP contribution in [0.3, 0.4) is 0 Å². The Morgan fingerprint density at radius 2 is 1.69 bits per heavy atom. The molecule has 2 amide bonds. The van der Waals surface area contributed by atoms with E-state index in [0.29, 0.717) is 31.5 Å². The smallest absolute Gasteiger partial charge is 0.255 e. The first-order chi connectivity index (χ1) is 12.5. The summed E-state index contributed by atoms with van der Waals surface area (Å²) in [5.74, 6) is 0.0217. The first kappa shape index (κ1) is 16.6. The van der Waals surface area contributed by atoms with Crippen molar-refractivity contribution in [2.45, 2.75) is 32.4 Å². The van der Waals surface area contributed by atoms with E-state index in [1.807, 2.05) is 61.2 Å². The zero-order chi connectivity index (χ0) is 18.3. The summed E-state index contributed by atoms with van der Waals surface area (Å²) in [5, 5.41) is 6.67. The summed E-state index contributed by atoms with van der Waals surface area (Å²) < 4.78 is 0. The van der Waals surface area contributed by atoms with E-state index in [4.69, 9.17) is 0 Å². The van der Waals surface area contributed by atoms with E-state index < -0.39 is 5.66 Å². The molecule has 0 aliphatic carbocycles. The third kappa shape index (κ3) is 2.83. The van der Waals surface area contributed by atoms with Gasteiger partial charge in [0.2, 0.25) is 0 Å². The maximum Gasteiger partial charge on any atom is 0.255 e. The molecule has 2 N–H and O–H groups in total. The fourth-order valence-electron chi connectivity index (χ4n) is 3.86. The van der Waals surface area contributed by atoms with Crippen LogP contribution in [-0.2, 0) is 0 Å². The van der Waals surface area contributed by atoms with Crippen molar-refractivity contribution < 1.29 is 9.59 Å². The van der Waals surface area contributed by atoms with E-state index in [1.54, 1.807) is 0 Å². The van der Waals surface area contributed by atoms with Crippen LogP contribution in [0.4, 0.5) is 5.69 Å². The van der Waals surface area contributed by atoms with E-state index in [-0.39, 0.29) is 11.8 Å². The average molecular weight is 349 g/mol. The standard InChI is InChI=1S/C21H23N3O2/c1-14-6-8-16(9-7-14)20(26)24-12-10-21(11-13-24)22-17-5-3-4-15(2)18(17)19(25)23-21/h3-9,22H,10-13H2,1-2H3,(H,23,25). The summed E-state index contributed by atoms with van der Waals surface area (Å²) in [6, 6.07) is 13.5. The Balaban J connectivity index is 1.49. The van der Waals surface area contributed by atoms with Gasteiger partial charge in [-0.25, -0.2) is 0 Å². The molecule has 2 heterocycles. The van der Waals surface area contributed by atoms with Gasteiger partial charge >= 0.3 is 0 Å². The van der Waals surface area contributed by atoms with Crippen LogP contribution in [0.2, 0.25) is 0 Å². The second-order valence-electron chi connectivity index (χ2n) is 7.32. The van der Waals surface area contributed by atoms with Gasteiger partial charge in [0.25, 0.3) is 11.8 Å². The molecule has 2 aromatic rings. The molecule has 0 unspecified atom stereocenters. The molecule has 2 aliphatic rings. The summed E-state index contributed by atoms with van der Waals surface area (Å²) in [7, 11) is 0. The molecule has 0 bridgehead atoms. The summed E-state index contributed by atoms with van der Waals surface area (Å²) in [6.07, 6.45) is 1.37. The van der Waals surface area contributed by atoms with Gasteiger partial charge < -0.3 is 15.5 Å². The predicted molar refractivity (Wildman–Crippen MR) is 101 cm³/mol. The SMILES string of the molecule is Cc1ccc(C(=O)N2CCC3(CC2)NC(=O)c2c(C)cccc2N3)cc1. The molecule has 26 heavy (non-hydrogen) atoms. The van der Waals surface area contributed by atoms with Crippen LogP contribution in [0.25, 0.3) is 0 Å². The molecule has 2 aliphatic heterocycles. The molecule has 0 radical (unpaired) electrons. The van der Waals surface area contributed by atoms with Crippen LogP contribution in [0.5, 0.6) is 0 Å². The van der Waals surface area contributed by atoms with Crippen molar-refractivity contribution in [1.29, 1.82) is 0 Å². The molecule has 0 atom stereocenters. The fourth-order valence-corrected chi connectivity index (χ4v) is 3.86. The van der Waals surface area contributed by atoms with Crippen molar-refractivity contribution in [3.05, 3.63) is 64.7 Å². The molecule has 2 aromatic carbocycles. The van der Waals surface area contributed by atoms with Crippen LogP contribution in [0.15, 0.2) is 42.5 Å². The Kier molecular flexibility index (Phi) is 3.94. The Hall–Kier alpha value is -2.82. The maximum absolute atomic E-state index is 12.7. The third-order valence-corrected chi connectivity index (χ3v) is 5.43. The lowest BCUT2D eigenvalue weighted by molar-refractivity contribution is 0.0639. The van der Waals surface area contributed by atoms with Crippen LogP contribution < -0.4 is 10.6 Å². The van der Waals surface area contributed by atoms with Gasteiger partial charge in [0.15, 0.2) is 0 Å². The quantitative estimate of drug-likeness (QED) is 0.832. The number of nitrogens with zero attached hydrogens (tertiary/aromatic N) is 1. The number of hydrogen-bond acceptors (Lipinski definition) is 3. The average Bonchev–Trinajstić information content (AvgIpc) is 2.62. The Labute approximate surface area is 153 Å². The molecule has 0 saturated carbocycles. The van der Waals surface area contributed by atoms with Gasteiger partial charge in [-0.05, 0) is 37.6 Å².